The molecule has 0 bridgehead atoms. The summed E-state index contributed by atoms with van der Waals surface area (Å²) in [6.45, 7) is 1.98. The third kappa shape index (κ3) is 3.34. The van der Waals surface area contributed by atoms with Gasteiger partial charge in [0, 0.05) is 11.4 Å². The van der Waals surface area contributed by atoms with E-state index in [9.17, 15) is 8.42 Å². The normalized spacial score (nSPS) is 13.2. The molecule has 4 nitrogen and oxygen atoms in total. The smallest absolute Gasteiger partial charge is 0.261 e. The quantitative estimate of drug-likeness (QED) is 0.892. The van der Waals surface area contributed by atoms with E-state index in [0.29, 0.717) is 5.69 Å². The van der Waals surface area contributed by atoms with Gasteiger partial charge in [-0.25, -0.2) is 8.42 Å². The molecule has 1 aromatic heterocycles. The summed E-state index contributed by atoms with van der Waals surface area (Å²) in [7, 11) is -1.68. The zero-order chi connectivity index (χ0) is 13.9. The van der Waals surface area contributed by atoms with Gasteiger partial charge in [-0.2, -0.15) is 11.3 Å². The molecule has 1 aromatic carbocycles. The van der Waals surface area contributed by atoms with Gasteiger partial charge in [-0.3, -0.25) is 4.72 Å². The molecule has 2 N–H and O–H groups in total. The lowest BCUT2D eigenvalue weighted by Gasteiger charge is -2.12. The molecule has 0 aliphatic heterocycles. The molecular weight excluding hydrogens is 280 g/mol. The summed E-state index contributed by atoms with van der Waals surface area (Å²) >= 11 is 1.45. The topological polar surface area (TPSA) is 58.2 Å². The van der Waals surface area contributed by atoms with E-state index in [-0.39, 0.29) is 10.9 Å². The number of nitrogens with one attached hydrogen (secondary N) is 2. The van der Waals surface area contributed by atoms with Crippen LogP contribution in [0.25, 0.3) is 0 Å². The van der Waals surface area contributed by atoms with Crippen molar-refractivity contribution in [3.63, 3.8) is 0 Å². The highest BCUT2D eigenvalue weighted by Gasteiger charge is 2.15. The van der Waals surface area contributed by atoms with Gasteiger partial charge >= 0.3 is 0 Å². The van der Waals surface area contributed by atoms with Gasteiger partial charge < -0.3 is 5.32 Å². The Bertz CT molecular complexity index is 636. The van der Waals surface area contributed by atoms with Gasteiger partial charge in [0.2, 0.25) is 0 Å². The first kappa shape index (κ1) is 14.0. The molecule has 0 aliphatic carbocycles. The van der Waals surface area contributed by atoms with Crippen molar-refractivity contribution in [3.8, 4) is 0 Å². The minimum atomic E-state index is -3.52. The summed E-state index contributed by atoms with van der Waals surface area (Å²) in [4.78, 5) is 0.276. The Hall–Kier alpha value is -1.37. The van der Waals surface area contributed by atoms with E-state index in [1.165, 1.54) is 11.3 Å². The fourth-order valence-corrected chi connectivity index (χ4v) is 3.42. The maximum atomic E-state index is 12.2. The first-order valence-corrected chi connectivity index (χ1v) is 8.28. The fraction of sp³-hybridized carbons (Fsp3) is 0.231. The molecule has 19 heavy (non-hydrogen) atoms. The number of hydrogen-bond donors (Lipinski definition) is 2. The van der Waals surface area contributed by atoms with Crippen LogP contribution in [0.3, 0.4) is 0 Å². The van der Waals surface area contributed by atoms with Crippen molar-refractivity contribution in [1.29, 1.82) is 0 Å². The Labute approximate surface area is 117 Å². The first-order chi connectivity index (χ1) is 9.03. The van der Waals surface area contributed by atoms with E-state index >= 15 is 0 Å². The average Bonchev–Trinajstić information content (AvgIpc) is 2.90. The zero-order valence-electron chi connectivity index (χ0n) is 10.8. The van der Waals surface area contributed by atoms with Gasteiger partial charge in [0.15, 0.2) is 0 Å². The van der Waals surface area contributed by atoms with E-state index in [2.05, 4.69) is 10.0 Å². The molecule has 0 saturated carbocycles. The number of sulfonamides is 1. The number of anilines is 1. The van der Waals surface area contributed by atoms with Crippen molar-refractivity contribution in [2.45, 2.75) is 17.9 Å². The lowest BCUT2D eigenvalue weighted by molar-refractivity contribution is 0.600. The van der Waals surface area contributed by atoms with Gasteiger partial charge in [0.25, 0.3) is 10.0 Å². The molecule has 0 radical (unpaired) electrons. The Morgan fingerprint density at radius 1 is 1.26 bits per heavy atom. The first-order valence-electron chi connectivity index (χ1n) is 5.85. The fourth-order valence-electron chi connectivity index (χ4n) is 1.65. The van der Waals surface area contributed by atoms with Gasteiger partial charge in [-0.1, -0.05) is 12.1 Å². The largest absolute Gasteiger partial charge is 0.313 e. The Kier molecular flexibility index (Phi) is 4.24. The van der Waals surface area contributed by atoms with Crippen LogP contribution < -0.4 is 10.0 Å². The van der Waals surface area contributed by atoms with E-state index < -0.39 is 10.0 Å². The molecule has 2 aromatic rings. The van der Waals surface area contributed by atoms with Crippen molar-refractivity contribution in [1.82, 2.24) is 5.32 Å². The molecule has 1 atom stereocenters. The number of hydrogen-bond acceptors (Lipinski definition) is 4. The minimum absolute atomic E-state index is 0.108. The zero-order valence-corrected chi connectivity index (χ0v) is 12.4. The van der Waals surface area contributed by atoms with Crippen molar-refractivity contribution in [2.24, 2.45) is 0 Å². The van der Waals surface area contributed by atoms with E-state index in [1.54, 1.807) is 29.6 Å². The van der Waals surface area contributed by atoms with Gasteiger partial charge in [0.05, 0.1) is 10.6 Å². The summed E-state index contributed by atoms with van der Waals surface area (Å²) in [5.41, 5.74) is 1.53. The van der Waals surface area contributed by atoms with Crippen LogP contribution in [-0.2, 0) is 10.0 Å². The molecule has 102 valence electrons. The molecule has 0 saturated heterocycles. The molecule has 0 amide bonds. The maximum Gasteiger partial charge on any atom is 0.261 e. The standard InChI is InChI=1S/C13H16N2O2S2/c1-10(14-2)11-4-3-5-13(8-11)19(16,17)15-12-6-7-18-9-12/h3-10,14-15H,1-2H3. The SMILES string of the molecule is CNC(C)c1cccc(S(=O)(=O)Nc2ccsc2)c1. The third-order valence-corrected chi connectivity index (χ3v) is 4.94. The van der Waals surface area contributed by atoms with Crippen LogP contribution in [0.4, 0.5) is 5.69 Å². The number of rotatable bonds is 5. The lowest BCUT2D eigenvalue weighted by atomic mass is 10.1. The maximum absolute atomic E-state index is 12.2. The van der Waals surface area contributed by atoms with Crippen molar-refractivity contribution >= 4 is 27.0 Å². The lowest BCUT2D eigenvalue weighted by Crippen LogP contribution is -2.15. The Balaban J connectivity index is 2.30. The van der Waals surface area contributed by atoms with E-state index in [1.807, 2.05) is 25.4 Å². The predicted octanol–water partition coefficient (Wildman–Crippen LogP) is 2.83. The summed E-state index contributed by atoms with van der Waals surface area (Å²) in [5, 5.41) is 6.68. The summed E-state index contributed by atoms with van der Waals surface area (Å²) in [6, 6.07) is 8.80. The molecule has 0 fully saturated rings. The van der Waals surface area contributed by atoms with Crippen LogP contribution in [0.2, 0.25) is 0 Å². The van der Waals surface area contributed by atoms with Gasteiger partial charge in [-0.15, -0.1) is 0 Å². The van der Waals surface area contributed by atoms with Crippen LogP contribution in [0.15, 0.2) is 46.0 Å². The Morgan fingerprint density at radius 2 is 2.05 bits per heavy atom. The highest BCUT2D eigenvalue weighted by Crippen LogP contribution is 2.21. The van der Waals surface area contributed by atoms with E-state index in [4.69, 9.17) is 0 Å². The van der Waals surface area contributed by atoms with Crippen LogP contribution >= 0.6 is 11.3 Å². The summed E-state index contributed by atoms with van der Waals surface area (Å²) in [5.74, 6) is 0. The molecule has 1 unspecified atom stereocenters. The van der Waals surface area contributed by atoms with Crippen LogP contribution in [0.5, 0.6) is 0 Å². The number of benzene rings is 1. The molecule has 0 spiro atoms. The van der Waals surface area contributed by atoms with Crippen molar-refractivity contribution in [3.05, 3.63) is 46.7 Å². The second-order valence-corrected chi connectivity index (χ2v) is 6.66. The highest BCUT2D eigenvalue weighted by atomic mass is 32.2. The minimum Gasteiger partial charge on any atom is -0.313 e. The van der Waals surface area contributed by atoms with Crippen molar-refractivity contribution in [2.75, 3.05) is 11.8 Å². The van der Waals surface area contributed by atoms with Crippen molar-refractivity contribution < 1.29 is 8.42 Å². The number of thiophene rings is 1. The van der Waals surface area contributed by atoms with Gasteiger partial charge in [0.1, 0.15) is 0 Å². The highest BCUT2D eigenvalue weighted by molar-refractivity contribution is 7.92. The van der Waals surface area contributed by atoms with Crippen LogP contribution in [0, 0.1) is 0 Å². The summed E-state index contributed by atoms with van der Waals surface area (Å²) in [6.07, 6.45) is 0. The summed E-state index contributed by atoms with van der Waals surface area (Å²) < 4.78 is 27.0. The molecule has 1 heterocycles. The van der Waals surface area contributed by atoms with Gasteiger partial charge in [-0.05, 0) is 43.1 Å². The molecule has 6 heteroatoms. The molecule has 2 rings (SSSR count). The second-order valence-electron chi connectivity index (χ2n) is 4.20. The molecule has 0 aliphatic rings. The monoisotopic (exact) mass is 296 g/mol. The Morgan fingerprint density at radius 3 is 2.68 bits per heavy atom. The molecular formula is C13H16N2O2S2. The predicted molar refractivity (Wildman–Crippen MR) is 79.0 cm³/mol. The van der Waals surface area contributed by atoms with Crippen LogP contribution in [-0.4, -0.2) is 15.5 Å². The third-order valence-electron chi connectivity index (χ3n) is 2.87. The average molecular weight is 296 g/mol. The van der Waals surface area contributed by atoms with E-state index in [0.717, 1.165) is 5.56 Å². The van der Waals surface area contributed by atoms with Crippen LogP contribution in [0.1, 0.15) is 18.5 Å². The second kappa shape index (κ2) is 5.73.